The van der Waals surface area contributed by atoms with Gasteiger partial charge < -0.3 is 20.6 Å². The topological polar surface area (TPSA) is 81.9 Å². The largest absolute Gasteiger partial charge is 0.405 e. The molecule has 164 valence electrons. The summed E-state index contributed by atoms with van der Waals surface area (Å²) in [6, 6.07) is 9.79. The van der Waals surface area contributed by atoms with Gasteiger partial charge in [0.05, 0.1) is 18.0 Å². The number of alkyl halides is 3. The zero-order valence-corrected chi connectivity index (χ0v) is 16.6. The van der Waals surface area contributed by atoms with Gasteiger partial charge in [-0.05, 0) is 31.0 Å². The number of urea groups is 1. The molecule has 1 aliphatic rings. The molecule has 1 fully saturated rings. The van der Waals surface area contributed by atoms with Gasteiger partial charge in [-0.3, -0.25) is 4.40 Å². The smallest absolute Gasteiger partial charge is 0.391 e. The number of fused-ring (bicyclic) bond motifs is 1. The molecular weight excluding hydrogens is 411 g/mol. The van der Waals surface area contributed by atoms with E-state index in [9.17, 15) is 23.1 Å². The fourth-order valence-electron chi connectivity index (χ4n) is 3.68. The van der Waals surface area contributed by atoms with Gasteiger partial charge in [0.25, 0.3) is 0 Å². The molecule has 2 aromatic heterocycles. The molecule has 1 aliphatic heterocycles. The van der Waals surface area contributed by atoms with Crippen molar-refractivity contribution in [2.75, 3.05) is 29.9 Å². The van der Waals surface area contributed by atoms with Crippen molar-refractivity contribution in [1.29, 1.82) is 0 Å². The van der Waals surface area contributed by atoms with Crippen LogP contribution in [0.1, 0.15) is 12.8 Å². The summed E-state index contributed by atoms with van der Waals surface area (Å²) in [7, 11) is 0. The minimum atomic E-state index is -4.47. The third kappa shape index (κ3) is 5.08. The van der Waals surface area contributed by atoms with Crippen molar-refractivity contribution in [3.05, 3.63) is 48.8 Å². The fraction of sp³-hybridized carbons (Fsp3) is 0.333. The highest BCUT2D eigenvalue weighted by Crippen LogP contribution is 2.27. The van der Waals surface area contributed by atoms with Gasteiger partial charge in [0.15, 0.2) is 0 Å². The molecule has 31 heavy (non-hydrogen) atoms. The molecule has 0 saturated carbocycles. The van der Waals surface area contributed by atoms with Crippen molar-refractivity contribution in [3.63, 3.8) is 0 Å². The highest BCUT2D eigenvalue weighted by atomic mass is 19.4. The molecule has 1 saturated heterocycles. The molecule has 0 aliphatic carbocycles. The van der Waals surface area contributed by atoms with E-state index in [0.29, 0.717) is 12.2 Å². The lowest BCUT2D eigenvalue weighted by Crippen LogP contribution is -2.38. The second kappa shape index (κ2) is 8.46. The number of hydrogen-bond acceptors (Lipinski definition) is 4. The lowest BCUT2D eigenvalue weighted by Gasteiger charge is -2.31. The summed E-state index contributed by atoms with van der Waals surface area (Å²) in [6.45, 7) is 0.0704. The summed E-state index contributed by atoms with van der Waals surface area (Å²) in [4.78, 5) is 18.3. The maximum absolute atomic E-state index is 12.3. The first kappa shape index (κ1) is 21.0. The Hall–Kier alpha value is -3.27. The van der Waals surface area contributed by atoms with Crippen LogP contribution in [0.2, 0.25) is 0 Å². The van der Waals surface area contributed by atoms with E-state index in [-0.39, 0.29) is 6.10 Å². The number of aliphatic hydroxyl groups is 1. The number of β-amino-alcohol motifs (C(OH)–C–C–N with tert-alkyl or cyclic N) is 1. The number of nitrogens with zero attached hydrogens (tertiary/aromatic N) is 3. The Morgan fingerprint density at radius 2 is 2.10 bits per heavy atom. The minimum absolute atomic E-state index is 0.330. The van der Waals surface area contributed by atoms with Gasteiger partial charge in [0.2, 0.25) is 0 Å². The monoisotopic (exact) mass is 433 g/mol. The quantitative estimate of drug-likeness (QED) is 0.587. The van der Waals surface area contributed by atoms with Crippen molar-refractivity contribution >= 4 is 23.1 Å². The molecule has 0 radical (unpaired) electrons. The van der Waals surface area contributed by atoms with Crippen molar-refractivity contribution in [2.24, 2.45) is 0 Å². The van der Waals surface area contributed by atoms with Crippen LogP contribution in [0.25, 0.3) is 16.9 Å². The van der Waals surface area contributed by atoms with Crippen molar-refractivity contribution in [1.82, 2.24) is 14.7 Å². The predicted molar refractivity (Wildman–Crippen MR) is 111 cm³/mol. The number of imidazole rings is 1. The maximum Gasteiger partial charge on any atom is 0.405 e. The fourth-order valence-corrected chi connectivity index (χ4v) is 3.68. The van der Waals surface area contributed by atoms with E-state index < -0.39 is 18.8 Å². The van der Waals surface area contributed by atoms with E-state index in [1.165, 1.54) is 0 Å². The van der Waals surface area contributed by atoms with Gasteiger partial charge in [-0.25, -0.2) is 9.78 Å². The molecule has 4 rings (SSSR count). The van der Waals surface area contributed by atoms with Crippen LogP contribution >= 0.6 is 0 Å². The van der Waals surface area contributed by atoms with Crippen LogP contribution in [0.4, 0.5) is 29.3 Å². The normalized spacial score (nSPS) is 17.0. The Balaban J connectivity index is 1.52. The number of nitrogens with one attached hydrogen (secondary N) is 2. The first-order valence-electron chi connectivity index (χ1n) is 9.91. The molecule has 7 nitrogen and oxygen atoms in total. The standard InChI is InChI=1S/C21H22F3N5O2/c22-21(23,24)13-26-20(31)27-15-4-1-3-14(9-15)18-11-25-19-10-16(6-8-29(18)19)28-7-2-5-17(30)12-28/h1,3-4,6,8-11,17,30H,2,5,7,12-13H2,(H2,26,27,31). The SMILES string of the molecule is O=C(NCC(F)(F)F)Nc1cccc(-c2cnc3cc(N4CCCC(O)C4)ccn23)c1. The molecule has 1 atom stereocenters. The summed E-state index contributed by atoms with van der Waals surface area (Å²) in [6.07, 6.45) is 0.537. The number of anilines is 2. The van der Waals surface area contributed by atoms with Crippen LogP contribution in [-0.4, -0.2) is 52.4 Å². The molecule has 1 unspecified atom stereocenters. The van der Waals surface area contributed by atoms with E-state index in [0.717, 1.165) is 42.0 Å². The highest BCUT2D eigenvalue weighted by Gasteiger charge is 2.27. The zero-order chi connectivity index (χ0) is 22.0. The second-order valence-corrected chi connectivity index (χ2v) is 7.50. The second-order valence-electron chi connectivity index (χ2n) is 7.50. The average Bonchev–Trinajstić information content (AvgIpc) is 3.15. The summed E-state index contributed by atoms with van der Waals surface area (Å²) in [5, 5.41) is 14.1. The molecule has 3 aromatic rings. The average molecular weight is 433 g/mol. The Bertz CT molecular complexity index is 1080. The Kier molecular flexibility index (Phi) is 5.73. The van der Waals surface area contributed by atoms with Crippen molar-refractivity contribution < 1.29 is 23.1 Å². The molecule has 0 bridgehead atoms. The summed E-state index contributed by atoms with van der Waals surface area (Å²) in [5.41, 5.74) is 3.61. The van der Waals surface area contributed by atoms with Crippen LogP contribution in [0, 0.1) is 0 Å². The molecular formula is C21H22F3N5O2. The number of halogens is 3. The van der Waals surface area contributed by atoms with E-state index in [1.54, 1.807) is 29.7 Å². The van der Waals surface area contributed by atoms with Gasteiger partial charge in [0.1, 0.15) is 12.2 Å². The summed E-state index contributed by atoms with van der Waals surface area (Å²) in [5.74, 6) is 0. The molecule has 2 amide bonds. The van der Waals surface area contributed by atoms with Crippen molar-refractivity contribution in [2.45, 2.75) is 25.1 Å². The van der Waals surface area contributed by atoms with E-state index >= 15 is 0 Å². The van der Waals surface area contributed by atoms with Gasteiger partial charge in [0, 0.05) is 42.3 Å². The predicted octanol–water partition coefficient (Wildman–Crippen LogP) is 3.65. The van der Waals surface area contributed by atoms with E-state index in [2.05, 4.69) is 15.2 Å². The number of aliphatic hydroxyl groups excluding tert-OH is 1. The maximum atomic E-state index is 12.3. The number of hydrogen-bond donors (Lipinski definition) is 3. The number of carbonyl (C=O) groups is 1. The van der Waals surface area contributed by atoms with Crippen molar-refractivity contribution in [3.8, 4) is 11.3 Å². The molecule has 3 N–H and O–H groups in total. The lowest BCUT2D eigenvalue weighted by atomic mass is 10.1. The number of benzene rings is 1. The third-order valence-corrected chi connectivity index (χ3v) is 5.12. The first-order chi connectivity index (χ1) is 14.8. The van der Waals surface area contributed by atoms with Crippen LogP contribution in [-0.2, 0) is 0 Å². The molecule has 0 spiro atoms. The van der Waals surface area contributed by atoms with Gasteiger partial charge in [-0.15, -0.1) is 0 Å². The Morgan fingerprint density at radius 1 is 1.26 bits per heavy atom. The van der Waals surface area contributed by atoms with E-state index in [4.69, 9.17) is 0 Å². The Labute approximate surface area is 176 Å². The summed E-state index contributed by atoms with van der Waals surface area (Å²) < 4.78 is 38.7. The van der Waals surface area contributed by atoms with Crippen LogP contribution in [0.3, 0.4) is 0 Å². The van der Waals surface area contributed by atoms with Crippen LogP contribution in [0.15, 0.2) is 48.8 Å². The molecule has 3 heterocycles. The van der Waals surface area contributed by atoms with Gasteiger partial charge in [-0.1, -0.05) is 12.1 Å². The number of rotatable bonds is 4. The number of pyridine rings is 1. The molecule has 10 heteroatoms. The number of aromatic nitrogens is 2. The van der Waals surface area contributed by atoms with Gasteiger partial charge >= 0.3 is 12.2 Å². The lowest BCUT2D eigenvalue weighted by molar-refractivity contribution is -0.122. The zero-order valence-electron chi connectivity index (χ0n) is 16.6. The Morgan fingerprint density at radius 3 is 2.87 bits per heavy atom. The van der Waals surface area contributed by atoms with Crippen LogP contribution in [0.5, 0.6) is 0 Å². The minimum Gasteiger partial charge on any atom is -0.391 e. The highest BCUT2D eigenvalue weighted by molar-refractivity contribution is 5.90. The van der Waals surface area contributed by atoms with Gasteiger partial charge in [-0.2, -0.15) is 13.2 Å². The first-order valence-corrected chi connectivity index (χ1v) is 9.91. The van der Waals surface area contributed by atoms with E-state index in [1.807, 2.05) is 28.8 Å². The number of piperidine rings is 1. The third-order valence-electron chi connectivity index (χ3n) is 5.12. The summed E-state index contributed by atoms with van der Waals surface area (Å²) >= 11 is 0. The number of amides is 2. The number of carbonyl (C=O) groups excluding carboxylic acids is 1. The molecule has 1 aromatic carbocycles. The van der Waals surface area contributed by atoms with Crippen LogP contribution < -0.4 is 15.5 Å².